The third-order valence-corrected chi connectivity index (χ3v) is 7.53. The molecule has 1 aromatic heterocycles. The highest BCUT2D eigenvalue weighted by Crippen LogP contribution is 2.35. The van der Waals surface area contributed by atoms with E-state index in [1.807, 2.05) is 0 Å². The molecule has 0 bridgehead atoms. The summed E-state index contributed by atoms with van der Waals surface area (Å²) >= 11 is 7.90. The van der Waals surface area contributed by atoms with E-state index in [9.17, 15) is 8.42 Å². The van der Waals surface area contributed by atoms with Crippen LogP contribution in [0.3, 0.4) is 0 Å². The highest BCUT2D eigenvalue weighted by Gasteiger charge is 2.30. The van der Waals surface area contributed by atoms with Gasteiger partial charge in [0.25, 0.3) is 0 Å². The predicted octanol–water partition coefficient (Wildman–Crippen LogP) is 3.21. The molecule has 0 aromatic carbocycles. The van der Waals surface area contributed by atoms with Crippen molar-refractivity contribution in [3.63, 3.8) is 0 Å². The molecule has 1 saturated carbocycles. The topological polar surface area (TPSA) is 72.2 Å². The van der Waals surface area contributed by atoms with Gasteiger partial charge in [0.2, 0.25) is 10.0 Å². The van der Waals surface area contributed by atoms with Gasteiger partial charge in [0, 0.05) is 12.1 Å². The van der Waals surface area contributed by atoms with Crippen molar-refractivity contribution in [2.24, 2.45) is 5.73 Å². The van der Waals surface area contributed by atoms with Crippen LogP contribution < -0.4 is 10.5 Å². The summed E-state index contributed by atoms with van der Waals surface area (Å²) < 4.78 is 28.5. The lowest BCUT2D eigenvalue weighted by molar-refractivity contribution is 0.296. The smallest absolute Gasteiger partial charge is 0.242 e. The van der Waals surface area contributed by atoms with Crippen molar-refractivity contribution in [2.45, 2.75) is 42.5 Å². The average molecular weight is 432 g/mol. The molecule has 4 nitrogen and oxygen atoms in total. The second-order valence-corrected chi connectivity index (χ2v) is 10.4. The summed E-state index contributed by atoms with van der Waals surface area (Å²) in [6, 6.07) is 1.60. The Balaban J connectivity index is 2.07. The molecule has 0 aliphatic heterocycles. The maximum absolute atomic E-state index is 12.2. The highest BCUT2D eigenvalue weighted by molar-refractivity contribution is 9.12. The molecule has 108 valence electrons. The van der Waals surface area contributed by atoms with Crippen LogP contribution in [0.4, 0.5) is 0 Å². The van der Waals surface area contributed by atoms with Crippen molar-refractivity contribution < 1.29 is 8.42 Å². The van der Waals surface area contributed by atoms with Gasteiger partial charge in [0.05, 0.1) is 7.57 Å². The lowest BCUT2D eigenvalue weighted by atomic mass is 9.83. The molecule has 1 fully saturated rings. The van der Waals surface area contributed by atoms with Gasteiger partial charge in [0.15, 0.2) is 0 Å². The van der Waals surface area contributed by atoms with Crippen molar-refractivity contribution >= 4 is 53.2 Å². The van der Waals surface area contributed by atoms with Crippen LogP contribution in [0.2, 0.25) is 0 Å². The Morgan fingerprint density at radius 2 is 1.95 bits per heavy atom. The van der Waals surface area contributed by atoms with Gasteiger partial charge in [-0.05, 0) is 50.8 Å². The van der Waals surface area contributed by atoms with E-state index >= 15 is 0 Å². The second kappa shape index (κ2) is 6.11. The summed E-state index contributed by atoms with van der Waals surface area (Å²) in [6.45, 7) is 0.301. The highest BCUT2D eigenvalue weighted by atomic mass is 79.9. The van der Waals surface area contributed by atoms with E-state index in [4.69, 9.17) is 5.73 Å². The van der Waals surface area contributed by atoms with Crippen LogP contribution >= 0.6 is 43.2 Å². The van der Waals surface area contributed by atoms with Gasteiger partial charge >= 0.3 is 0 Å². The standard InChI is InChI=1S/C11H16Br2N2O2S2/c12-9-6-8(10(13)18-9)19(16,17)15-7-11(14)4-2-1-3-5-11/h6,15H,1-5,7,14H2. The van der Waals surface area contributed by atoms with Crippen molar-refractivity contribution in [3.8, 4) is 0 Å². The molecular weight excluding hydrogens is 416 g/mol. The Bertz CT molecular complexity index is 551. The van der Waals surface area contributed by atoms with Gasteiger partial charge in [0.1, 0.15) is 4.90 Å². The molecule has 19 heavy (non-hydrogen) atoms. The fraction of sp³-hybridized carbons (Fsp3) is 0.636. The van der Waals surface area contributed by atoms with E-state index in [1.54, 1.807) is 6.07 Å². The van der Waals surface area contributed by atoms with Crippen LogP contribution in [0.15, 0.2) is 18.5 Å². The zero-order valence-corrected chi connectivity index (χ0v) is 15.1. The Morgan fingerprint density at radius 1 is 1.32 bits per heavy atom. The SMILES string of the molecule is NC1(CNS(=O)(=O)c2cc(Br)sc2Br)CCCCC1. The van der Waals surface area contributed by atoms with E-state index in [1.165, 1.54) is 17.8 Å². The van der Waals surface area contributed by atoms with Crippen molar-refractivity contribution in [2.75, 3.05) is 6.54 Å². The van der Waals surface area contributed by atoms with Crippen molar-refractivity contribution in [1.82, 2.24) is 4.72 Å². The Kier molecular flexibility index (Phi) is 5.12. The first-order chi connectivity index (χ1) is 8.82. The van der Waals surface area contributed by atoms with E-state index in [2.05, 4.69) is 36.6 Å². The summed E-state index contributed by atoms with van der Waals surface area (Å²) in [5.74, 6) is 0. The molecule has 1 heterocycles. The largest absolute Gasteiger partial charge is 0.324 e. The number of thiophene rings is 1. The molecule has 1 aromatic rings. The molecule has 0 atom stereocenters. The van der Waals surface area contributed by atoms with E-state index < -0.39 is 15.6 Å². The molecule has 8 heteroatoms. The van der Waals surface area contributed by atoms with E-state index in [0.717, 1.165) is 29.5 Å². The van der Waals surface area contributed by atoms with Gasteiger partial charge < -0.3 is 5.73 Å². The molecule has 1 aliphatic rings. The average Bonchev–Trinajstić information content (AvgIpc) is 2.68. The van der Waals surface area contributed by atoms with Crippen molar-refractivity contribution in [3.05, 3.63) is 13.6 Å². The molecule has 1 aliphatic carbocycles. The maximum atomic E-state index is 12.2. The van der Waals surface area contributed by atoms with Crippen LogP contribution in [0.1, 0.15) is 32.1 Å². The summed E-state index contributed by atoms with van der Waals surface area (Å²) in [4.78, 5) is 0.267. The third-order valence-electron chi connectivity index (χ3n) is 3.38. The van der Waals surface area contributed by atoms with Gasteiger partial charge in [-0.15, -0.1) is 11.3 Å². The monoisotopic (exact) mass is 430 g/mol. The van der Waals surface area contributed by atoms with Crippen LogP contribution in [0.5, 0.6) is 0 Å². The minimum absolute atomic E-state index is 0.267. The van der Waals surface area contributed by atoms with Gasteiger partial charge in [-0.1, -0.05) is 19.3 Å². The van der Waals surface area contributed by atoms with Crippen LogP contribution in [0, 0.1) is 0 Å². The van der Waals surface area contributed by atoms with Gasteiger partial charge in [-0.2, -0.15) is 0 Å². The van der Waals surface area contributed by atoms with E-state index in [-0.39, 0.29) is 4.90 Å². The number of rotatable bonds is 4. The van der Waals surface area contributed by atoms with Crippen LogP contribution in [0.25, 0.3) is 0 Å². The Morgan fingerprint density at radius 3 is 2.47 bits per heavy atom. The molecule has 3 N–H and O–H groups in total. The van der Waals surface area contributed by atoms with Crippen LogP contribution in [-0.4, -0.2) is 20.5 Å². The molecule has 0 amide bonds. The summed E-state index contributed by atoms with van der Waals surface area (Å²) in [5.41, 5.74) is 5.84. The van der Waals surface area contributed by atoms with Crippen LogP contribution in [-0.2, 0) is 10.0 Å². The molecule has 0 radical (unpaired) electrons. The fourth-order valence-electron chi connectivity index (χ4n) is 2.26. The summed E-state index contributed by atoms with van der Waals surface area (Å²) in [5, 5.41) is 0. The normalized spacial score (nSPS) is 19.5. The maximum Gasteiger partial charge on any atom is 0.242 e. The molecule has 0 spiro atoms. The predicted molar refractivity (Wildman–Crippen MR) is 84.9 cm³/mol. The van der Waals surface area contributed by atoms with Crippen molar-refractivity contribution in [1.29, 1.82) is 0 Å². The second-order valence-electron chi connectivity index (χ2n) is 4.94. The lowest BCUT2D eigenvalue weighted by Gasteiger charge is -2.33. The molecular formula is C11H16Br2N2O2S2. The summed E-state index contributed by atoms with van der Waals surface area (Å²) in [7, 11) is -3.50. The minimum Gasteiger partial charge on any atom is -0.324 e. The Hall–Kier alpha value is 0.530. The zero-order chi connectivity index (χ0) is 14.1. The summed E-state index contributed by atoms with van der Waals surface area (Å²) in [6.07, 6.45) is 5.10. The van der Waals surface area contributed by atoms with Gasteiger partial charge in [-0.25, -0.2) is 13.1 Å². The Labute approximate surface area is 134 Å². The zero-order valence-electron chi connectivity index (χ0n) is 10.3. The first-order valence-electron chi connectivity index (χ1n) is 6.06. The number of sulfonamides is 1. The number of hydrogen-bond donors (Lipinski definition) is 2. The molecule has 2 rings (SSSR count). The number of hydrogen-bond acceptors (Lipinski definition) is 4. The lowest BCUT2D eigenvalue weighted by Crippen LogP contribution is -2.51. The fourth-order valence-corrected chi connectivity index (χ4v) is 7.21. The minimum atomic E-state index is -3.50. The number of nitrogens with two attached hydrogens (primary N) is 1. The number of nitrogens with one attached hydrogen (secondary N) is 1. The third kappa shape index (κ3) is 4.01. The first-order valence-corrected chi connectivity index (χ1v) is 9.94. The first kappa shape index (κ1) is 15.9. The van der Waals surface area contributed by atoms with Gasteiger partial charge in [-0.3, -0.25) is 0 Å². The quantitative estimate of drug-likeness (QED) is 0.768. The van der Waals surface area contributed by atoms with E-state index in [0.29, 0.717) is 10.3 Å². The number of halogens is 2. The molecule has 0 saturated heterocycles. The molecule has 0 unspecified atom stereocenters.